The van der Waals surface area contributed by atoms with E-state index in [9.17, 15) is 14.4 Å². The number of thioether (sulfide) groups is 1. The molecule has 26 heavy (non-hydrogen) atoms. The molecule has 136 valence electrons. The zero-order chi connectivity index (χ0) is 19.3. The van der Waals surface area contributed by atoms with Crippen LogP contribution in [0.2, 0.25) is 0 Å². The molecule has 2 amide bonds. The molecule has 8 heteroatoms. The first kappa shape index (κ1) is 19.4. The Bertz CT molecular complexity index is 810. The Kier molecular flexibility index (Phi) is 6.31. The first-order valence-corrected chi connectivity index (χ1v) is 8.33. The minimum Gasteiger partial charge on any atom is -0.493 e. The van der Waals surface area contributed by atoms with Gasteiger partial charge in [0.25, 0.3) is 11.1 Å². The first-order valence-electron chi connectivity index (χ1n) is 7.52. The van der Waals surface area contributed by atoms with Crippen LogP contribution in [0.1, 0.15) is 12.5 Å². The molecule has 0 N–H and O–H groups in total. The van der Waals surface area contributed by atoms with Crippen LogP contribution in [-0.4, -0.2) is 48.9 Å². The number of carbonyl (C=O) groups excluding carboxylic acids is 3. The maximum atomic E-state index is 12.5. The molecule has 2 rings (SSSR count). The van der Waals surface area contributed by atoms with Crippen LogP contribution in [0.5, 0.6) is 11.5 Å². The Hall–Kier alpha value is -2.92. The summed E-state index contributed by atoms with van der Waals surface area (Å²) in [4.78, 5) is 37.3. The lowest BCUT2D eigenvalue weighted by Gasteiger charge is -2.18. The molecule has 1 aliphatic heterocycles. The van der Waals surface area contributed by atoms with E-state index in [0.717, 1.165) is 16.7 Å². The van der Waals surface area contributed by atoms with Gasteiger partial charge in [-0.1, -0.05) is 12.0 Å². The van der Waals surface area contributed by atoms with Crippen LogP contribution < -0.4 is 9.47 Å². The average molecular weight is 375 g/mol. The molecule has 0 spiro atoms. The lowest BCUT2D eigenvalue weighted by atomic mass is 10.1. The number of terminal acetylenes is 1. The zero-order valence-corrected chi connectivity index (χ0v) is 15.3. The molecular formula is C18H17NO6S. The molecule has 0 unspecified atom stereocenters. The highest BCUT2D eigenvalue weighted by molar-refractivity contribution is 8.18. The number of ether oxygens (including phenoxy) is 3. The van der Waals surface area contributed by atoms with Crippen molar-refractivity contribution in [1.29, 1.82) is 0 Å². The Morgan fingerprint density at radius 3 is 2.69 bits per heavy atom. The summed E-state index contributed by atoms with van der Waals surface area (Å²) >= 11 is 0.757. The number of methoxy groups -OCH3 is 2. The number of esters is 1. The Labute approximate surface area is 155 Å². The fourth-order valence-electron chi connectivity index (χ4n) is 2.25. The predicted octanol–water partition coefficient (Wildman–Crippen LogP) is 2.30. The Morgan fingerprint density at radius 1 is 1.35 bits per heavy atom. The second kappa shape index (κ2) is 8.45. The summed E-state index contributed by atoms with van der Waals surface area (Å²) in [5, 5.41) is -0.528. The summed E-state index contributed by atoms with van der Waals surface area (Å²) in [5.41, 5.74) is 0.631. The largest absolute Gasteiger partial charge is 0.493 e. The summed E-state index contributed by atoms with van der Waals surface area (Å²) in [6, 6.07) is 4.02. The van der Waals surface area contributed by atoms with E-state index in [4.69, 9.17) is 15.9 Å². The van der Waals surface area contributed by atoms with E-state index < -0.39 is 23.2 Å². The van der Waals surface area contributed by atoms with Gasteiger partial charge in [-0.05, 0) is 42.5 Å². The molecule has 1 fully saturated rings. The number of benzene rings is 1. The van der Waals surface area contributed by atoms with Crippen molar-refractivity contribution in [2.45, 2.75) is 13.0 Å². The molecule has 0 saturated carbocycles. The van der Waals surface area contributed by atoms with E-state index in [0.29, 0.717) is 17.1 Å². The number of nitrogens with zero attached hydrogens (tertiary/aromatic N) is 1. The van der Waals surface area contributed by atoms with Gasteiger partial charge >= 0.3 is 5.97 Å². The average Bonchev–Trinajstić information content (AvgIpc) is 2.92. The fourth-order valence-corrected chi connectivity index (χ4v) is 3.16. The minimum absolute atomic E-state index is 0.0972. The topological polar surface area (TPSA) is 82.1 Å². The van der Waals surface area contributed by atoms with Crippen LogP contribution in [0.25, 0.3) is 6.08 Å². The molecule has 7 nitrogen and oxygen atoms in total. The summed E-state index contributed by atoms with van der Waals surface area (Å²) in [7, 11) is 2.68. The second-order valence-electron chi connectivity index (χ2n) is 5.15. The zero-order valence-electron chi connectivity index (χ0n) is 14.5. The maximum Gasteiger partial charge on any atom is 0.328 e. The molecule has 0 aromatic heterocycles. The highest BCUT2D eigenvalue weighted by Gasteiger charge is 2.41. The molecule has 1 aliphatic rings. The third kappa shape index (κ3) is 4.00. The molecule has 0 aliphatic carbocycles. The number of carbonyl (C=O) groups is 3. The van der Waals surface area contributed by atoms with Gasteiger partial charge in [0, 0.05) is 0 Å². The summed E-state index contributed by atoms with van der Waals surface area (Å²) in [6.07, 6.45) is 6.71. The van der Waals surface area contributed by atoms with E-state index in [2.05, 4.69) is 10.7 Å². The van der Waals surface area contributed by atoms with Crippen molar-refractivity contribution in [3.63, 3.8) is 0 Å². The Balaban J connectivity index is 2.27. The number of hydrogen-bond acceptors (Lipinski definition) is 7. The SMILES string of the molecule is C#CCOc1ccc(/C=C2/SC(=O)N([C@H](C)C(=O)OC)C2=O)cc1OC. The number of imide groups is 1. The molecule has 1 heterocycles. The van der Waals surface area contributed by atoms with Crippen molar-refractivity contribution in [2.75, 3.05) is 20.8 Å². The van der Waals surface area contributed by atoms with Crippen LogP contribution in [0, 0.1) is 12.3 Å². The highest BCUT2D eigenvalue weighted by Crippen LogP contribution is 2.35. The first-order chi connectivity index (χ1) is 12.4. The van der Waals surface area contributed by atoms with Gasteiger partial charge in [0.1, 0.15) is 12.6 Å². The Morgan fingerprint density at radius 2 is 2.08 bits per heavy atom. The van der Waals surface area contributed by atoms with E-state index in [1.165, 1.54) is 21.1 Å². The van der Waals surface area contributed by atoms with Gasteiger partial charge in [0.05, 0.1) is 19.1 Å². The van der Waals surface area contributed by atoms with Gasteiger partial charge in [-0.25, -0.2) is 4.79 Å². The predicted molar refractivity (Wildman–Crippen MR) is 96.6 cm³/mol. The van der Waals surface area contributed by atoms with Gasteiger partial charge < -0.3 is 14.2 Å². The van der Waals surface area contributed by atoms with Gasteiger partial charge in [0.15, 0.2) is 11.5 Å². The van der Waals surface area contributed by atoms with Crippen LogP contribution in [-0.2, 0) is 14.3 Å². The third-order valence-corrected chi connectivity index (χ3v) is 4.43. The monoisotopic (exact) mass is 375 g/mol. The molecule has 1 atom stereocenters. The van der Waals surface area contributed by atoms with Gasteiger partial charge in [-0.15, -0.1) is 6.42 Å². The quantitative estimate of drug-likeness (QED) is 0.429. The fraction of sp³-hybridized carbons (Fsp3) is 0.278. The smallest absolute Gasteiger partial charge is 0.328 e. The van der Waals surface area contributed by atoms with Gasteiger partial charge in [-0.3, -0.25) is 14.5 Å². The van der Waals surface area contributed by atoms with Crippen LogP contribution >= 0.6 is 11.8 Å². The van der Waals surface area contributed by atoms with E-state index >= 15 is 0 Å². The summed E-state index contributed by atoms with van der Waals surface area (Å²) in [6.45, 7) is 1.53. The van der Waals surface area contributed by atoms with Crippen molar-refractivity contribution in [1.82, 2.24) is 4.90 Å². The van der Waals surface area contributed by atoms with Crippen LogP contribution in [0.4, 0.5) is 4.79 Å². The molecule has 1 saturated heterocycles. The van der Waals surface area contributed by atoms with Crippen LogP contribution in [0.3, 0.4) is 0 Å². The van der Waals surface area contributed by atoms with Crippen molar-refractivity contribution in [3.05, 3.63) is 28.7 Å². The van der Waals surface area contributed by atoms with Crippen molar-refractivity contribution < 1.29 is 28.6 Å². The normalized spacial score (nSPS) is 16.4. The summed E-state index contributed by atoms with van der Waals surface area (Å²) < 4.78 is 15.2. The van der Waals surface area contributed by atoms with Crippen LogP contribution in [0.15, 0.2) is 23.1 Å². The second-order valence-corrected chi connectivity index (χ2v) is 6.15. The molecule has 1 aromatic carbocycles. The van der Waals surface area contributed by atoms with Crippen molar-refractivity contribution >= 4 is 35.0 Å². The van der Waals surface area contributed by atoms with E-state index in [1.54, 1.807) is 24.3 Å². The third-order valence-electron chi connectivity index (χ3n) is 3.55. The minimum atomic E-state index is -0.993. The number of hydrogen-bond donors (Lipinski definition) is 0. The molecule has 1 aromatic rings. The number of rotatable bonds is 6. The standard InChI is InChI=1S/C18H17NO6S/c1-5-8-25-13-7-6-12(9-14(13)23-3)10-15-16(20)19(18(22)26-15)11(2)17(21)24-4/h1,6-7,9-11H,8H2,2-4H3/b15-10+/t11-/m1/s1. The summed E-state index contributed by atoms with van der Waals surface area (Å²) in [5.74, 6) is 2.06. The molecule has 0 radical (unpaired) electrons. The van der Waals surface area contributed by atoms with E-state index in [-0.39, 0.29) is 11.5 Å². The van der Waals surface area contributed by atoms with E-state index in [1.807, 2.05) is 0 Å². The number of amides is 2. The lowest BCUT2D eigenvalue weighted by Crippen LogP contribution is -2.42. The lowest BCUT2D eigenvalue weighted by molar-refractivity contribution is -0.148. The maximum absolute atomic E-state index is 12.5. The van der Waals surface area contributed by atoms with Gasteiger partial charge in [0.2, 0.25) is 0 Å². The van der Waals surface area contributed by atoms with Crippen molar-refractivity contribution in [3.8, 4) is 23.8 Å². The molecule has 0 bridgehead atoms. The molecular weight excluding hydrogens is 358 g/mol. The van der Waals surface area contributed by atoms with Crippen molar-refractivity contribution in [2.24, 2.45) is 0 Å². The highest BCUT2D eigenvalue weighted by atomic mass is 32.2. The van der Waals surface area contributed by atoms with Gasteiger partial charge in [-0.2, -0.15) is 0 Å².